The number of hydrogen-bond acceptors (Lipinski definition) is 7. The van der Waals surface area contributed by atoms with Crippen LogP contribution < -0.4 is 16.0 Å². The highest BCUT2D eigenvalue weighted by molar-refractivity contribution is 7.91. The molecule has 0 spiro atoms. The maximum atomic E-state index is 14.5. The molecule has 1 saturated heterocycles. The van der Waals surface area contributed by atoms with Gasteiger partial charge in [0, 0.05) is 26.2 Å². The van der Waals surface area contributed by atoms with Gasteiger partial charge in [0.2, 0.25) is 0 Å². The molecule has 0 unspecified atom stereocenters. The molecule has 1 fully saturated rings. The van der Waals surface area contributed by atoms with Gasteiger partial charge in [0.1, 0.15) is 5.60 Å². The summed E-state index contributed by atoms with van der Waals surface area (Å²) in [6, 6.07) is 3.26. The molecule has 0 aliphatic carbocycles. The maximum Gasteiger partial charge on any atom is 0.416 e. The van der Waals surface area contributed by atoms with Crippen LogP contribution in [-0.4, -0.2) is 62.9 Å². The number of alkyl carbamates (subject to hydrolysis) is 1. The molecule has 3 rings (SSSR count). The lowest BCUT2D eigenvalue weighted by Crippen LogP contribution is -2.48. The number of carbonyl (C=O) groups excluding carboxylic acids is 2. The minimum Gasteiger partial charge on any atom is -0.444 e. The van der Waals surface area contributed by atoms with Crippen LogP contribution in [0.4, 0.5) is 29.3 Å². The number of alkyl halides is 3. The molecule has 14 heteroatoms. The number of ether oxygens (including phenoxy) is 1. The fourth-order valence-electron chi connectivity index (χ4n) is 5.04. The Bertz CT molecular complexity index is 1540. The first-order valence-electron chi connectivity index (χ1n) is 14.2. The SMILES string of the molecule is CCS(=O)(=O)c1cc(C)c(C)cc1N(C)C(=O)c1cc(C(F)(F)F)c(CN2CCC[C@@H](NC(=O)OC(C)(C)C)C2)c(Cl)c1N. The van der Waals surface area contributed by atoms with Crippen LogP contribution in [0.2, 0.25) is 5.02 Å². The lowest BCUT2D eigenvalue weighted by Gasteiger charge is -2.34. The molecular weight excluding hydrogens is 621 g/mol. The van der Waals surface area contributed by atoms with Gasteiger partial charge in [0.05, 0.1) is 38.2 Å². The van der Waals surface area contributed by atoms with E-state index >= 15 is 0 Å². The van der Waals surface area contributed by atoms with Crippen molar-refractivity contribution in [3.8, 4) is 0 Å². The summed E-state index contributed by atoms with van der Waals surface area (Å²) in [5, 5.41) is 2.35. The number of nitrogens with two attached hydrogens (primary N) is 1. The smallest absolute Gasteiger partial charge is 0.416 e. The minimum atomic E-state index is -4.89. The van der Waals surface area contributed by atoms with Gasteiger partial charge in [-0.2, -0.15) is 13.2 Å². The molecule has 244 valence electrons. The number of carbonyl (C=O) groups is 2. The Morgan fingerprint density at radius 1 is 1.16 bits per heavy atom. The zero-order valence-electron chi connectivity index (χ0n) is 26.0. The zero-order chi connectivity index (χ0) is 33.4. The standard InChI is InChI=1S/C30H40ClF3N4O5S/c1-8-44(41,42)24-13-18(3)17(2)12-23(24)37(7)27(39)20-14-22(30(32,33)34)21(25(31)26(20)35)16-38-11-9-10-19(15-38)36-28(40)43-29(4,5)6/h12-14,19H,8-11,15-16,35H2,1-7H3,(H,36,40)/t19-/m1/s1. The number of rotatable bonds is 7. The number of anilines is 2. The summed E-state index contributed by atoms with van der Waals surface area (Å²) in [6.45, 7) is 10.6. The lowest BCUT2D eigenvalue weighted by molar-refractivity contribution is -0.138. The van der Waals surface area contributed by atoms with Crippen molar-refractivity contribution < 1.29 is 35.9 Å². The summed E-state index contributed by atoms with van der Waals surface area (Å²) in [4.78, 5) is 28.5. The summed E-state index contributed by atoms with van der Waals surface area (Å²) in [6.07, 6.45) is -4.28. The number of aryl methyl sites for hydroxylation is 2. The Kier molecular flexibility index (Phi) is 10.6. The van der Waals surface area contributed by atoms with Gasteiger partial charge in [-0.15, -0.1) is 0 Å². The number of nitrogens with one attached hydrogen (secondary N) is 1. The molecule has 1 aliphatic rings. The molecule has 0 bridgehead atoms. The monoisotopic (exact) mass is 660 g/mol. The Morgan fingerprint density at radius 3 is 2.34 bits per heavy atom. The van der Waals surface area contributed by atoms with Crippen LogP contribution in [0.5, 0.6) is 0 Å². The third-order valence-corrected chi connectivity index (χ3v) is 9.69. The highest BCUT2D eigenvalue weighted by atomic mass is 35.5. The molecule has 0 saturated carbocycles. The van der Waals surface area contributed by atoms with Crippen molar-refractivity contribution >= 4 is 44.8 Å². The molecule has 2 aromatic carbocycles. The van der Waals surface area contributed by atoms with Crippen molar-refractivity contribution in [2.75, 3.05) is 36.5 Å². The fraction of sp³-hybridized carbons (Fsp3) is 0.533. The van der Waals surface area contributed by atoms with Gasteiger partial charge in [-0.05, 0) is 88.9 Å². The molecule has 2 amide bonds. The number of hydrogen-bond donors (Lipinski definition) is 2. The number of nitrogens with zero attached hydrogens (tertiary/aromatic N) is 2. The predicted molar refractivity (Wildman–Crippen MR) is 165 cm³/mol. The van der Waals surface area contributed by atoms with Gasteiger partial charge in [-0.25, -0.2) is 13.2 Å². The van der Waals surface area contributed by atoms with Crippen molar-refractivity contribution in [1.82, 2.24) is 10.2 Å². The average molecular weight is 661 g/mol. The Balaban J connectivity index is 1.99. The molecule has 1 heterocycles. The lowest BCUT2D eigenvalue weighted by atomic mass is 9.98. The van der Waals surface area contributed by atoms with Gasteiger partial charge in [0.25, 0.3) is 5.91 Å². The van der Waals surface area contributed by atoms with E-state index in [0.717, 1.165) is 4.90 Å². The van der Waals surface area contributed by atoms with E-state index in [1.165, 1.54) is 26.1 Å². The Morgan fingerprint density at radius 2 is 1.77 bits per heavy atom. The third-order valence-electron chi connectivity index (χ3n) is 7.51. The number of piperidine rings is 1. The molecule has 44 heavy (non-hydrogen) atoms. The normalized spacial score (nSPS) is 16.5. The molecule has 0 radical (unpaired) electrons. The van der Waals surface area contributed by atoms with Crippen molar-refractivity contribution in [2.24, 2.45) is 0 Å². The van der Waals surface area contributed by atoms with E-state index in [1.54, 1.807) is 39.5 Å². The number of sulfone groups is 1. The number of nitrogen functional groups attached to an aromatic ring is 1. The summed E-state index contributed by atoms with van der Waals surface area (Å²) >= 11 is 6.48. The average Bonchev–Trinajstić information content (AvgIpc) is 2.90. The molecule has 2 aromatic rings. The van der Waals surface area contributed by atoms with Crippen molar-refractivity contribution in [2.45, 2.75) is 83.6 Å². The molecule has 1 atom stereocenters. The van der Waals surface area contributed by atoms with Gasteiger partial charge in [-0.3, -0.25) is 9.69 Å². The first kappa shape index (κ1) is 35.4. The van der Waals surface area contributed by atoms with Crippen molar-refractivity contribution in [3.05, 3.63) is 51.0 Å². The minimum absolute atomic E-state index is 0.0185. The van der Waals surface area contributed by atoms with Gasteiger partial charge < -0.3 is 20.7 Å². The van der Waals surface area contributed by atoms with Crippen LogP contribution in [0, 0.1) is 13.8 Å². The van der Waals surface area contributed by atoms with E-state index in [-0.39, 0.29) is 46.7 Å². The summed E-state index contributed by atoms with van der Waals surface area (Å²) < 4.78 is 74.4. The van der Waals surface area contributed by atoms with Crippen LogP contribution in [0.15, 0.2) is 23.1 Å². The zero-order valence-corrected chi connectivity index (χ0v) is 27.6. The summed E-state index contributed by atoms with van der Waals surface area (Å²) in [5.41, 5.74) is 4.61. The van der Waals surface area contributed by atoms with Crippen LogP contribution in [-0.2, 0) is 27.3 Å². The van der Waals surface area contributed by atoms with E-state index < -0.39 is 49.8 Å². The highest BCUT2D eigenvalue weighted by Gasteiger charge is 2.38. The van der Waals surface area contributed by atoms with Crippen molar-refractivity contribution in [3.63, 3.8) is 0 Å². The molecule has 1 aliphatic heterocycles. The molecule has 0 aromatic heterocycles. The third kappa shape index (κ3) is 8.16. The highest BCUT2D eigenvalue weighted by Crippen LogP contribution is 2.41. The number of halogens is 4. The maximum absolute atomic E-state index is 14.5. The topological polar surface area (TPSA) is 122 Å². The Hall–Kier alpha value is -3.03. The van der Waals surface area contributed by atoms with Crippen LogP contribution in [0.1, 0.15) is 73.1 Å². The van der Waals surface area contributed by atoms with E-state index in [0.29, 0.717) is 36.6 Å². The van der Waals surface area contributed by atoms with Gasteiger partial charge in [-0.1, -0.05) is 18.5 Å². The van der Waals surface area contributed by atoms with E-state index in [4.69, 9.17) is 22.1 Å². The quantitative estimate of drug-likeness (QED) is 0.343. The van der Waals surface area contributed by atoms with E-state index in [2.05, 4.69) is 5.32 Å². The number of benzene rings is 2. The summed E-state index contributed by atoms with van der Waals surface area (Å²) in [5.74, 6) is -1.19. The first-order valence-corrected chi connectivity index (χ1v) is 16.2. The van der Waals surface area contributed by atoms with Crippen LogP contribution >= 0.6 is 11.6 Å². The number of likely N-dealkylation sites (tertiary alicyclic amines) is 1. The van der Waals surface area contributed by atoms with Gasteiger partial charge >= 0.3 is 12.3 Å². The largest absolute Gasteiger partial charge is 0.444 e. The first-order chi connectivity index (χ1) is 20.2. The second kappa shape index (κ2) is 13.1. The summed E-state index contributed by atoms with van der Waals surface area (Å²) in [7, 11) is -2.51. The second-order valence-electron chi connectivity index (χ2n) is 12.1. The van der Waals surface area contributed by atoms with Crippen LogP contribution in [0.25, 0.3) is 0 Å². The Labute approximate surface area is 261 Å². The fourth-order valence-corrected chi connectivity index (χ4v) is 6.48. The number of amides is 2. The second-order valence-corrected chi connectivity index (χ2v) is 14.7. The van der Waals surface area contributed by atoms with E-state index in [1.807, 2.05) is 0 Å². The van der Waals surface area contributed by atoms with Crippen molar-refractivity contribution in [1.29, 1.82) is 0 Å². The molecule has 3 N–H and O–H groups in total. The van der Waals surface area contributed by atoms with Gasteiger partial charge in [0.15, 0.2) is 9.84 Å². The molecule has 9 nitrogen and oxygen atoms in total. The van der Waals surface area contributed by atoms with E-state index in [9.17, 15) is 31.2 Å². The van der Waals surface area contributed by atoms with Crippen LogP contribution in [0.3, 0.4) is 0 Å². The predicted octanol–water partition coefficient (Wildman–Crippen LogP) is 6.12. The molecular formula is C30H40ClF3N4O5S.